The second-order valence-corrected chi connectivity index (χ2v) is 7.05. The number of carbonyl (C=O) groups is 1. The summed E-state index contributed by atoms with van der Waals surface area (Å²) in [6.45, 7) is 0. The lowest BCUT2D eigenvalue weighted by Crippen LogP contribution is -2.26. The lowest BCUT2D eigenvalue weighted by atomic mass is 9.82. The highest BCUT2D eigenvalue weighted by atomic mass is 19.2. The molecule has 160 valence electrons. The molecule has 4 rings (SSSR count). The van der Waals surface area contributed by atoms with Gasteiger partial charge in [0.1, 0.15) is 23.2 Å². The fourth-order valence-electron chi connectivity index (χ4n) is 4.08. The van der Waals surface area contributed by atoms with Crippen molar-refractivity contribution in [3.63, 3.8) is 0 Å². The molecule has 1 aliphatic heterocycles. The standard InChI is InChI=1S/C23H18F3NO4/c1-27-16-9-6-13(18-14(24)7-8-15(25)21(18)26)22(31-3)20(16)19(23(28)29)12-5-4-11(30-2)10-17(12)27/h4-10,19H,1-3H3,(H,28,29). The molecule has 8 heteroatoms. The summed E-state index contributed by atoms with van der Waals surface area (Å²) in [4.78, 5) is 14.1. The van der Waals surface area contributed by atoms with Crippen LogP contribution in [0, 0.1) is 17.5 Å². The lowest BCUT2D eigenvalue weighted by molar-refractivity contribution is -0.137. The Morgan fingerprint density at radius 1 is 0.968 bits per heavy atom. The molecule has 1 aliphatic rings. The van der Waals surface area contributed by atoms with Gasteiger partial charge in [-0.2, -0.15) is 0 Å². The first-order valence-corrected chi connectivity index (χ1v) is 9.29. The van der Waals surface area contributed by atoms with Gasteiger partial charge in [-0.15, -0.1) is 0 Å². The topological polar surface area (TPSA) is 59.0 Å². The number of hydrogen-bond donors (Lipinski definition) is 1. The number of methoxy groups -OCH3 is 2. The van der Waals surface area contributed by atoms with Crippen LogP contribution in [0.1, 0.15) is 17.0 Å². The van der Waals surface area contributed by atoms with Crippen molar-refractivity contribution in [2.75, 3.05) is 26.2 Å². The molecule has 0 saturated heterocycles. The van der Waals surface area contributed by atoms with E-state index >= 15 is 0 Å². The van der Waals surface area contributed by atoms with Crippen molar-refractivity contribution in [2.45, 2.75) is 5.92 Å². The van der Waals surface area contributed by atoms with E-state index in [1.165, 1.54) is 26.4 Å². The van der Waals surface area contributed by atoms with Crippen LogP contribution in [0.2, 0.25) is 0 Å². The number of hydrogen-bond acceptors (Lipinski definition) is 4. The van der Waals surface area contributed by atoms with E-state index in [2.05, 4.69) is 0 Å². The maximum atomic E-state index is 14.5. The van der Waals surface area contributed by atoms with Crippen LogP contribution in [-0.2, 0) is 4.79 Å². The molecule has 0 bridgehead atoms. The van der Waals surface area contributed by atoms with E-state index in [-0.39, 0.29) is 16.9 Å². The van der Waals surface area contributed by atoms with Crippen molar-refractivity contribution in [3.05, 3.63) is 71.0 Å². The molecule has 0 radical (unpaired) electrons. The first-order chi connectivity index (χ1) is 14.8. The third-order valence-corrected chi connectivity index (χ3v) is 5.50. The SMILES string of the molecule is COc1ccc2c(c1)N(C)c1ccc(-c3c(F)ccc(F)c3F)c(OC)c1C2C(=O)O. The van der Waals surface area contributed by atoms with E-state index in [1.807, 2.05) is 0 Å². The normalized spacial score (nSPS) is 14.6. The number of ether oxygens (including phenoxy) is 2. The van der Waals surface area contributed by atoms with Crippen LogP contribution < -0.4 is 14.4 Å². The van der Waals surface area contributed by atoms with E-state index in [9.17, 15) is 23.1 Å². The molecule has 0 aromatic heterocycles. The Kier molecular flexibility index (Phi) is 5.00. The Morgan fingerprint density at radius 2 is 1.68 bits per heavy atom. The number of fused-ring (bicyclic) bond motifs is 2. The summed E-state index contributed by atoms with van der Waals surface area (Å²) in [5.74, 6) is -5.43. The van der Waals surface area contributed by atoms with Gasteiger partial charge in [0, 0.05) is 35.6 Å². The van der Waals surface area contributed by atoms with Crippen LogP contribution in [-0.4, -0.2) is 32.3 Å². The predicted octanol–water partition coefficient (Wildman–Crippen LogP) is 5.09. The van der Waals surface area contributed by atoms with Gasteiger partial charge in [0.05, 0.1) is 19.8 Å². The Bertz CT molecular complexity index is 1210. The van der Waals surface area contributed by atoms with Gasteiger partial charge in [-0.3, -0.25) is 4.79 Å². The van der Waals surface area contributed by atoms with Gasteiger partial charge in [-0.25, -0.2) is 13.2 Å². The molecule has 5 nitrogen and oxygen atoms in total. The predicted molar refractivity (Wildman–Crippen MR) is 109 cm³/mol. The first kappa shape index (κ1) is 20.6. The second kappa shape index (κ2) is 7.54. The Morgan fingerprint density at radius 3 is 2.32 bits per heavy atom. The molecule has 0 amide bonds. The van der Waals surface area contributed by atoms with Crippen LogP contribution in [0.5, 0.6) is 11.5 Å². The van der Waals surface area contributed by atoms with Gasteiger partial charge in [0.25, 0.3) is 0 Å². The van der Waals surface area contributed by atoms with Gasteiger partial charge >= 0.3 is 5.97 Å². The van der Waals surface area contributed by atoms with Crippen LogP contribution in [0.15, 0.2) is 42.5 Å². The summed E-state index contributed by atoms with van der Waals surface area (Å²) < 4.78 is 53.6. The van der Waals surface area contributed by atoms with E-state index in [4.69, 9.17) is 9.47 Å². The van der Waals surface area contributed by atoms with Crippen molar-refractivity contribution in [2.24, 2.45) is 0 Å². The smallest absolute Gasteiger partial charge is 0.315 e. The molecule has 0 fully saturated rings. The summed E-state index contributed by atoms with van der Waals surface area (Å²) in [6.07, 6.45) is 0. The molecular weight excluding hydrogens is 411 g/mol. The fraction of sp³-hybridized carbons (Fsp3) is 0.174. The van der Waals surface area contributed by atoms with Crippen LogP contribution in [0.4, 0.5) is 24.5 Å². The maximum absolute atomic E-state index is 14.5. The van der Waals surface area contributed by atoms with Gasteiger partial charge < -0.3 is 19.5 Å². The Hall–Kier alpha value is -3.68. The van der Waals surface area contributed by atoms with Crippen molar-refractivity contribution < 1.29 is 32.5 Å². The van der Waals surface area contributed by atoms with Gasteiger partial charge in [-0.05, 0) is 35.9 Å². The molecule has 3 aromatic carbocycles. The quantitative estimate of drug-likeness (QED) is 0.586. The molecule has 1 atom stereocenters. The minimum atomic E-state index is -1.38. The van der Waals surface area contributed by atoms with Crippen LogP contribution in [0.3, 0.4) is 0 Å². The second-order valence-electron chi connectivity index (χ2n) is 7.05. The summed E-state index contributed by atoms with van der Waals surface area (Å²) in [7, 11) is 4.51. The van der Waals surface area contributed by atoms with Crippen molar-refractivity contribution in [1.29, 1.82) is 0 Å². The van der Waals surface area contributed by atoms with E-state index in [0.717, 1.165) is 6.07 Å². The van der Waals surface area contributed by atoms with Gasteiger partial charge in [-0.1, -0.05) is 6.07 Å². The minimum Gasteiger partial charge on any atom is -0.497 e. The molecule has 0 spiro atoms. The minimum absolute atomic E-state index is 0.0402. The van der Waals surface area contributed by atoms with Gasteiger partial charge in [0.2, 0.25) is 0 Å². The van der Waals surface area contributed by atoms with E-state index < -0.39 is 34.9 Å². The Balaban J connectivity index is 2.05. The van der Waals surface area contributed by atoms with Gasteiger partial charge in [0.15, 0.2) is 11.6 Å². The molecular formula is C23H18F3NO4. The highest BCUT2D eigenvalue weighted by molar-refractivity contribution is 5.94. The van der Waals surface area contributed by atoms with Crippen molar-refractivity contribution >= 4 is 17.3 Å². The highest BCUT2D eigenvalue weighted by Crippen LogP contribution is 2.52. The van der Waals surface area contributed by atoms with E-state index in [1.54, 1.807) is 30.1 Å². The number of nitrogens with zero attached hydrogens (tertiary/aromatic N) is 1. The summed E-state index contributed by atoms with van der Waals surface area (Å²) in [5, 5.41) is 10.1. The molecule has 1 N–H and O–H groups in total. The number of rotatable bonds is 4. The lowest BCUT2D eigenvalue weighted by Gasteiger charge is -2.35. The number of carboxylic acid groups (broad SMARTS) is 1. The largest absolute Gasteiger partial charge is 0.497 e. The zero-order chi connectivity index (χ0) is 22.4. The molecule has 0 saturated carbocycles. The number of benzene rings is 3. The number of halogens is 3. The molecule has 1 heterocycles. The number of carboxylic acids is 1. The average molecular weight is 429 g/mol. The Labute approximate surface area is 176 Å². The summed E-state index contributed by atoms with van der Waals surface area (Å²) >= 11 is 0. The molecule has 1 unspecified atom stereocenters. The fourth-order valence-corrected chi connectivity index (χ4v) is 4.08. The molecule has 3 aromatic rings. The molecule has 0 aliphatic carbocycles. The zero-order valence-corrected chi connectivity index (χ0v) is 16.9. The summed E-state index contributed by atoms with van der Waals surface area (Å²) in [6, 6.07) is 9.40. The average Bonchev–Trinajstić information content (AvgIpc) is 2.76. The highest BCUT2D eigenvalue weighted by Gasteiger charge is 2.38. The monoisotopic (exact) mass is 429 g/mol. The first-order valence-electron chi connectivity index (χ1n) is 9.29. The summed E-state index contributed by atoms with van der Waals surface area (Å²) in [5.41, 5.74) is 1.07. The van der Waals surface area contributed by atoms with E-state index in [0.29, 0.717) is 28.8 Å². The third kappa shape index (κ3) is 3.06. The third-order valence-electron chi connectivity index (χ3n) is 5.50. The van der Waals surface area contributed by atoms with Crippen LogP contribution in [0.25, 0.3) is 11.1 Å². The number of anilines is 2. The van der Waals surface area contributed by atoms with Crippen LogP contribution >= 0.6 is 0 Å². The van der Waals surface area contributed by atoms with Crippen molar-refractivity contribution in [1.82, 2.24) is 0 Å². The number of aliphatic carboxylic acids is 1. The zero-order valence-electron chi connectivity index (χ0n) is 16.9. The maximum Gasteiger partial charge on any atom is 0.315 e. The van der Waals surface area contributed by atoms with Crippen molar-refractivity contribution in [3.8, 4) is 22.6 Å². The molecule has 31 heavy (non-hydrogen) atoms.